The zero-order chi connectivity index (χ0) is 20.4. The third-order valence-corrected chi connectivity index (χ3v) is 5.58. The Morgan fingerprint density at radius 2 is 2.00 bits per heavy atom. The van der Waals surface area contributed by atoms with E-state index < -0.39 is 17.0 Å². The van der Waals surface area contributed by atoms with Crippen molar-refractivity contribution >= 4 is 11.6 Å². The van der Waals surface area contributed by atoms with Gasteiger partial charge in [0.25, 0.3) is 6.02 Å². The van der Waals surface area contributed by atoms with Crippen LogP contribution in [0.5, 0.6) is 17.2 Å². The van der Waals surface area contributed by atoms with Crippen LogP contribution in [0.2, 0.25) is 0 Å². The number of phenols is 1. The largest absolute Gasteiger partial charge is 0.508 e. The van der Waals surface area contributed by atoms with Gasteiger partial charge in [0.05, 0.1) is 12.2 Å². The van der Waals surface area contributed by atoms with Gasteiger partial charge in [0.2, 0.25) is 0 Å². The maximum Gasteiger partial charge on any atom is 0.283 e. The Bertz CT molecular complexity index is 1090. The molecule has 0 saturated carbocycles. The summed E-state index contributed by atoms with van der Waals surface area (Å²) >= 11 is 0. The van der Waals surface area contributed by atoms with Crippen LogP contribution in [0.4, 0.5) is 4.39 Å². The van der Waals surface area contributed by atoms with Crippen LogP contribution in [-0.2, 0) is 15.0 Å². The zero-order valence-corrected chi connectivity index (χ0v) is 16.2. The summed E-state index contributed by atoms with van der Waals surface area (Å²) < 4.78 is 32.3. The van der Waals surface area contributed by atoms with Gasteiger partial charge in [0, 0.05) is 11.1 Å². The van der Waals surface area contributed by atoms with Gasteiger partial charge in [-0.05, 0) is 67.8 Å². The average molecular weight is 396 g/mol. The van der Waals surface area contributed by atoms with Crippen LogP contribution in [0.25, 0.3) is 5.57 Å². The maximum atomic E-state index is 15.2. The van der Waals surface area contributed by atoms with E-state index in [4.69, 9.17) is 19.9 Å². The smallest absolute Gasteiger partial charge is 0.283 e. The molecule has 7 heteroatoms. The molecule has 3 heterocycles. The van der Waals surface area contributed by atoms with Crippen molar-refractivity contribution in [1.82, 2.24) is 0 Å². The molecule has 3 aliphatic rings. The SMILES string of the molecule is CC1(C)C=C(c2cc(F)c3c(c2)[C@]2(COC(N)=N2)c2cc(O)ccc2O3)CCO1. The fourth-order valence-electron chi connectivity index (χ4n) is 4.27. The molecular formula is C22H21FN2O4. The van der Waals surface area contributed by atoms with Crippen molar-refractivity contribution in [1.29, 1.82) is 0 Å². The number of halogens is 1. The highest BCUT2D eigenvalue weighted by Gasteiger charge is 2.48. The molecule has 0 aliphatic carbocycles. The molecule has 2 aromatic carbocycles. The van der Waals surface area contributed by atoms with Gasteiger partial charge in [-0.25, -0.2) is 9.38 Å². The van der Waals surface area contributed by atoms with Crippen LogP contribution >= 0.6 is 0 Å². The topological polar surface area (TPSA) is 86.3 Å². The first-order valence-electron chi connectivity index (χ1n) is 9.47. The van der Waals surface area contributed by atoms with Crippen molar-refractivity contribution in [2.24, 2.45) is 10.7 Å². The normalized spacial score (nSPS) is 24.1. The molecule has 29 heavy (non-hydrogen) atoms. The molecule has 1 spiro atoms. The van der Waals surface area contributed by atoms with Crippen molar-refractivity contribution in [3.05, 3.63) is 58.9 Å². The Morgan fingerprint density at radius 1 is 1.17 bits per heavy atom. The van der Waals surface area contributed by atoms with Gasteiger partial charge < -0.3 is 25.1 Å². The van der Waals surface area contributed by atoms with Crippen molar-refractivity contribution in [3.8, 4) is 17.2 Å². The first-order chi connectivity index (χ1) is 13.8. The fraction of sp³-hybridized carbons (Fsp3) is 0.318. The van der Waals surface area contributed by atoms with E-state index in [-0.39, 0.29) is 24.1 Å². The quantitative estimate of drug-likeness (QED) is 0.766. The molecular weight excluding hydrogens is 375 g/mol. The Kier molecular flexibility index (Phi) is 3.70. The van der Waals surface area contributed by atoms with Crippen LogP contribution in [0.3, 0.4) is 0 Å². The molecule has 1 atom stereocenters. The Hall–Kier alpha value is -3.06. The van der Waals surface area contributed by atoms with Gasteiger partial charge in [-0.2, -0.15) is 0 Å². The van der Waals surface area contributed by atoms with Crippen molar-refractivity contribution in [3.63, 3.8) is 0 Å². The molecule has 0 aromatic heterocycles. The number of hydrogen-bond acceptors (Lipinski definition) is 6. The van der Waals surface area contributed by atoms with E-state index in [0.29, 0.717) is 29.9 Å². The van der Waals surface area contributed by atoms with E-state index in [1.165, 1.54) is 12.1 Å². The average Bonchev–Trinajstić information content (AvgIpc) is 3.05. The summed E-state index contributed by atoms with van der Waals surface area (Å²) in [5.74, 6) is 0.0826. The second kappa shape index (κ2) is 5.97. The highest BCUT2D eigenvalue weighted by Crippen LogP contribution is 2.53. The lowest BCUT2D eigenvalue weighted by Gasteiger charge is -2.34. The van der Waals surface area contributed by atoms with Gasteiger partial charge in [-0.1, -0.05) is 0 Å². The first kappa shape index (κ1) is 18.0. The monoisotopic (exact) mass is 396 g/mol. The molecule has 3 aliphatic heterocycles. The number of nitrogens with zero attached hydrogens (tertiary/aromatic N) is 1. The van der Waals surface area contributed by atoms with E-state index in [2.05, 4.69) is 4.99 Å². The number of nitrogens with two attached hydrogens (primary N) is 1. The van der Waals surface area contributed by atoms with Crippen molar-refractivity contribution < 1.29 is 23.7 Å². The molecule has 3 N–H and O–H groups in total. The number of hydrogen-bond donors (Lipinski definition) is 2. The number of phenolic OH excluding ortho intramolecular Hbond substituents is 1. The highest BCUT2D eigenvalue weighted by molar-refractivity contribution is 5.78. The number of aliphatic imine (C=N–C) groups is 1. The number of amidine groups is 1. The summed E-state index contributed by atoms with van der Waals surface area (Å²) in [6, 6.07) is 8.02. The van der Waals surface area contributed by atoms with Gasteiger partial charge >= 0.3 is 0 Å². The van der Waals surface area contributed by atoms with E-state index in [1.807, 2.05) is 26.0 Å². The third kappa shape index (κ3) is 2.76. The van der Waals surface area contributed by atoms with Crippen molar-refractivity contribution in [2.75, 3.05) is 13.2 Å². The summed E-state index contributed by atoms with van der Waals surface area (Å²) in [4.78, 5) is 4.53. The fourth-order valence-corrected chi connectivity index (χ4v) is 4.27. The molecule has 6 nitrogen and oxygen atoms in total. The first-order valence-corrected chi connectivity index (χ1v) is 9.47. The third-order valence-electron chi connectivity index (χ3n) is 5.58. The molecule has 0 amide bonds. The lowest BCUT2D eigenvalue weighted by Crippen LogP contribution is -2.32. The van der Waals surface area contributed by atoms with E-state index in [9.17, 15) is 5.11 Å². The number of rotatable bonds is 1. The predicted molar refractivity (Wildman–Crippen MR) is 106 cm³/mol. The van der Waals surface area contributed by atoms with Crippen molar-refractivity contribution in [2.45, 2.75) is 31.4 Å². The number of aromatic hydroxyl groups is 1. The predicted octanol–water partition coefficient (Wildman–Crippen LogP) is 3.81. The van der Waals surface area contributed by atoms with Crippen LogP contribution in [-0.4, -0.2) is 29.9 Å². The van der Waals surface area contributed by atoms with Gasteiger partial charge in [-0.3, -0.25) is 0 Å². The second-order valence-corrected chi connectivity index (χ2v) is 8.09. The standard InChI is InChI=1S/C22H21FN2O4/c1-21(2)10-12(5-6-28-21)13-7-16-19(17(23)8-13)29-18-4-3-14(26)9-15(18)22(16)11-27-20(24)25-22/h3-4,7-10,26H,5-6,11H2,1-2H3,(H2,24,25)/t22-/m0/s1. The molecule has 150 valence electrons. The molecule has 0 unspecified atom stereocenters. The van der Waals surface area contributed by atoms with Crippen LogP contribution < -0.4 is 10.5 Å². The minimum absolute atomic E-state index is 0.0179. The Balaban J connectivity index is 1.74. The number of ether oxygens (including phenoxy) is 3. The van der Waals surface area contributed by atoms with E-state index >= 15 is 4.39 Å². The van der Waals surface area contributed by atoms with Gasteiger partial charge in [-0.15, -0.1) is 0 Å². The van der Waals surface area contributed by atoms with Crippen LogP contribution in [0.15, 0.2) is 41.4 Å². The summed E-state index contributed by atoms with van der Waals surface area (Å²) in [7, 11) is 0. The molecule has 5 rings (SSSR count). The molecule has 2 aromatic rings. The van der Waals surface area contributed by atoms with Gasteiger partial charge in [0.15, 0.2) is 17.1 Å². The Morgan fingerprint density at radius 3 is 2.72 bits per heavy atom. The minimum Gasteiger partial charge on any atom is -0.508 e. The van der Waals surface area contributed by atoms with Gasteiger partial charge in [0.1, 0.15) is 18.1 Å². The number of fused-ring (bicyclic) bond motifs is 4. The maximum absolute atomic E-state index is 15.2. The lowest BCUT2D eigenvalue weighted by molar-refractivity contribution is 0.0165. The van der Waals surface area contributed by atoms with Crippen LogP contribution in [0.1, 0.15) is 37.0 Å². The molecule has 0 bridgehead atoms. The molecule has 0 fully saturated rings. The molecule has 0 radical (unpaired) electrons. The second-order valence-electron chi connectivity index (χ2n) is 8.09. The highest BCUT2D eigenvalue weighted by atomic mass is 19.1. The summed E-state index contributed by atoms with van der Waals surface area (Å²) in [5, 5.41) is 10.0. The molecule has 0 saturated heterocycles. The zero-order valence-electron chi connectivity index (χ0n) is 16.2. The lowest BCUT2D eigenvalue weighted by atomic mass is 9.79. The summed E-state index contributed by atoms with van der Waals surface area (Å²) in [6.45, 7) is 4.60. The summed E-state index contributed by atoms with van der Waals surface area (Å²) in [6.07, 6.45) is 2.69. The number of benzene rings is 2. The summed E-state index contributed by atoms with van der Waals surface area (Å²) in [5.41, 5.74) is 7.19. The van der Waals surface area contributed by atoms with Crippen LogP contribution in [0, 0.1) is 5.82 Å². The Labute approximate surface area is 167 Å². The van der Waals surface area contributed by atoms with E-state index in [0.717, 1.165) is 11.1 Å². The van der Waals surface area contributed by atoms with E-state index in [1.54, 1.807) is 12.1 Å². The minimum atomic E-state index is -1.08.